The molecular weight excluding hydrogens is 443 g/mol. The number of aliphatic hydroxyl groups is 1. The average Bonchev–Trinajstić information content (AvgIpc) is 2.61. The van der Waals surface area contributed by atoms with Crippen LogP contribution in [0.15, 0.2) is 4.99 Å². The van der Waals surface area contributed by atoms with Crippen molar-refractivity contribution in [1.82, 2.24) is 15.5 Å². The summed E-state index contributed by atoms with van der Waals surface area (Å²) in [5.74, 6) is 1.69. The van der Waals surface area contributed by atoms with E-state index >= 15 is 0 Å². The summed E-state index contributed by atoms with van der Waals surface area (Å²) in [6, 6.07) is 0. The van der Waals surface area contributed by atoms with Gasteiger partial charge in [-0.2, -0.15) is 0 Å². The van der Waals surface area contributed by atoms with Crippen molar-refractivity contribution in [3.05, 3.63) is 0 Å². The van der Waals surface area contributed by atoms with Crippen molar-refractivity contribution in [2.24, 2.45) is 10.9 Å². The number of aliphatic imine (C=N–C) groups is 1. The lowest BCUT2D eigenvalue weighted by molar-refractivity contribution is -0.0179. The minimum absolute atomic E-state index is 0. The van der Waals surface area contributed by atoms with E-state index in [0.717, 1.165) is 51.3 Å². The van der Waals surface area contributed by atoms with Crippen LogP contribution >= 0.6 is 24.0 Å². The van der Waals surface area contributed by atoms with Gasteiger partial charge in [-0.1, -0.05) is 32.1 Å². The molecule has 154 valence electrons. The fourth-order valence-electron chi connectivity index (χ4n) is 3.75. The molecule has 0 radical (unpaired) electrons. The summed E-state index contributed by atoms with van der Waals surface area (Å²) in [6.45, 7) is 10.1. The molecule has 1 aliphatic heterocycles. The second-order valence-electron chi connectivity index (χ2n) is 7.80. The number of nitrogens with one attached hydrogen (secondary N) is 2. The maximum absolute atomic E-state index is 10.7. The Balaban J connectivity index is 0.00000338. The molecule has 1 atom stereocenters. The number of rotatable bonds is 8. The van der Waals surface area contributed by atoms with Crippen molar-refractivity contribution >= 4 is 29.9 Å². The topological polar surface area (TPSA) is 69.1 Å². The van der Waals surface area contributed by atoms with Gasteiger partial charge in [-0.15, -0.1) is 24.0 Å². The highest BCUT2D eigenvalue weighted by Gasteiger charge is 2.25. The minimum atomic E-state index is -0.816. The molecule has 26 heavy (non-hydrogen) atoms. The van der Waals surface area contributed by atoms with E-state index in [2.05, 4.69) is 27.4 Å². The van der Waals surface area contributed by atoms with Gasteiger partial charge in [0.2, 0.25) is 0 Å². The second-order valence-corrected chi connectivity index (χ2v) is 7.80. The Morgan fingerprint density at radius 2 is 1.88 bits per heavy atom. The predicted octanol–water partition coefficient (Wildman–Crippen LogP) is 2.21. The molecule has 2 rings (SSSR count). The van der Waals surface area contributed by atoms with Gasteiger partial charge in [-0.25, -0.2) is 0 Å². The third-order valence-electron chi connectivity index (χ3n) is 5.16. The Morgan fingerprint density at radius 1 is 1.19 bits per heavy atom. The molecule has 0 amide bonds. The summed E-state index contributed by atoms with van der Waals surface area (Å²) in [6.07, 6.45) is 8.17. The Hall–Kier alpha value is -0.120. The van der Waals surface area contributed by atoms with Gasteiger partial charge in [0, 0.05) is 32.7 Å². The standard InChI is InChI=1S/C19H38N4O2.HI/c1-3-20-18(21-10-9-17-7-5-4-6-8-17)22-15-19(2,24)16-23-11-13-25-14-12-23;/h17,24H,3-16H2,1-2H3,(H2,20,21,22);1H. The van der Waals surface area contributed by atoms with E-state index in [9.17, 15) is 5.11 Å². The molecule has 1 saturated carbocycles. The van der Waals surface area contributed by atoms with E-state index in [1.54, 1.807) is 0 Å². The molecule has 6 nitrogen and oxygen atoms in total. The first-order valence-corrected chi connectivity index (χ1v) is 10.1. The highest BCUT2D eigenvalue weighted by molar-refractivity contribution is 14.0. The quantitative estimate of drug-likeness (QED) is 0.281. The number of hydrogen-bond acceptors (Lipinski definition) is 4. The van der Waals surface area contributed by atoms with E-state index in [-0.39, 0.29) is 24.0 Å². The van der Waals surface area contributed by atoms with Crippen molar-refractivity contribution in [2.75, 3.05) is 52.5 Å². The molecule has 0 aromatic rings. The smallest absolute Gasteiger partial charge is 0.191 e. The van der Waals surface area contributed by atoms with Crippen LogP contribution in [0.2, 0.25) is 0 Å². The van der Waals surface area contributed by atoms with Gasteiger partial charge in [0.25, 0.3) is 0 Å². The number of β-amino-alcohol motifs (C(OH)–C–C–N with tert-alkyl or cyclic N) is 1. The molecule has 1 unspecified atom stereocenters. The third-order valence-corrected chi connectivity index (χ3v) is 5.16. The zero-order valence-electron chi connectivity index (χ0n) is 16.6. The fraction of sp³-hybridized carbons (Fsp3) is 0.947. The van der Waals surface area contributed by atoms with Crippen molar-refractivity contribution in [1.29, 1.82) is 0 Å². The minimum Gasteiger partial charge on any atom is -0.387 e. The number of guanidine groups is 1. The molecule has 0 spiro atoms. The maximum atomic E-state index is 10.7. The van der Waals surface area contributed by atoms with E-state index in [0.29, 0.717) is 13.1 Å². The average molecular weight is 482 g/mol. The van der Waals surface area contributed by atoms with Gasteiger partial charge in [0.15, 0.2) is 5.96 Å². The third kappa shape index (κ3) is 9.71. The van der Waals surface area contributed by atoms with Crippen LogP contribution in [0.5, 0.6) is 0 Å². The molecule has 1 saturated heterocycles. The lowest BCUT2D eigenvalue weighted by Crippen LogP contribution is -2.48. The van der Waals surface area contributed by atoms with E-state index < -0.39 is 5.60 Å². The lowest BCUT2D eigenvalue weighted by atomic mass is 9.87. The summed E-state index contributed by atoms with van der Waals surface area (Å²) in [7, 11) is 0. The van der Waals surface area contributed by atoms with E-state index in [1.807, 2.05) is 6.92 Å². The van der Waals surface area contributed by atoms with Gasteiger partial charge in [-0.05, 0) is 26.2 Å². The van der Waals surface area contributed by atoms with Gasteiger partial charge in [-0.3, -0.25) is 9.89 Å². The van der Waals surface area contributed by atoms with Crippen LogP contribution in [0.1, 0.15) is 52.4 Å². The SMILES string of the molecule is CCNC(=NCC(C)(O)CN1CCOCC1)NCCC1CCCCC1.I. The number of nitrogens with zero attached hydrogens (tertiary/aromatic N) is 2. The van der Waals surface area contributed by atoms with Crippen LogP contribution in [-0.4, -0.2) is 74.0 Å². The van der Waals surface area contributed by atoms with Gasteiger partial charge in [0.05, 0.1) is 25.4 Å². The van der Waals surface area contributed by atoms with Crippen LogP contribution in [0, 0.1) is 5.92 Å². The number of halogens is 1. The van der Waals surface area contributed by atoms with Crippen LogP contribution in [-0.2, 0) is 4.74 Å². The zero-order chi connectivity index (χ0) is 18.0. The molecule has 1 heterocycles. The monoisotopic (exact) mass is 482 g/mol. The highest BCUT2D eigenvalue weighted by Crippen LogP contribution is 2.25. The maximum Gasteiger partial charge on any atom is 0.191 e. The number of morpholine rings is 1. The molecule has 0 aromatic heterocycles. The summed E-state index contributed by atoms with van der Waals surface area (Å²) < 4.78 is 5.37. The van der Waals surface area contributed by atoms with Gasteiger partial charge >= 0.3 is 0 Å². The van der Waals surface area contributed by atoms with E-state index in [1.165, 1.54) is 38.5 Å². The van der Waals surface area contributed by atoms with Crippen molar-refractivity contribution in [3.8, 4) is 0 Å². The van der Waals surface area contributed by atoms with E-state index in [4.69, 9.17) is 4.74 Å². The normalized spacial score (nSPS) is 22.3. The molecule has 0 aromatic carbocycles. The number of ether oxygens (including phenoxy) is 1. The molecule has 7 heteroatoms. The van der Waals surface area contributed by atoms with Crippen molar-refractivity contribution < 1.29 is 9.84 Å². The Labute approximate surface area is 176 Å². The Morgan fingerprint density at radius 3 is 2.54 bits per heavy atom. The molecular formula is C19H39IN4O2. The van der Waals surface area contributed by atoms with Crippen LogP contribution in [0.25, 0.3) is 0 Å². The Bertz CT molecular complexity index is 395. The summed E-state index contributed by atoms with van der Waals surface area (Å²) >= 11 is 0. The van der Waals surface area contributed by atoms with Crippen molar-refractivity contribution in [3.63, 3.8) is 0 Å². The summed E-state index contributed by atoms with van der Waals surface area (Å²) in [4.78, 5) is 6.87. The molecule has 3 N–H and O–H groups in total. The first kappa shape index (κ1) is 23.9. The van der Waals surface area contributed by atoms with Crippen LogP contribution < -0.4 is 10.6 Å². The predicted molar refractivity (Wildman–Crippen MR) is 118 cm³/mol. The van der Waals surface area contributed by atoms with Gasteiger partial charge in [0.1, 0.15) is 0 Å². The highest BCUT2D eigenvalue weighted by atomic mass is 127. The molecule has 1 aliphatic carbocycles. The Kier molecular flexibility index (Phi) is 12.1. The second kappa shape index (κ2) is 13.1. The van der Waals surface area contributed by atoms with Crippen molar-refractivity contribution in [2.45, 2.75) is 58.0 Å². The molecule has 0 bridgehead atoms. The lowest BCUT2D eigenvalue weighted by Gasteiger charge is -2.33. The number of hydrogen-bond donors (Lipinski definition) is 3. The van der Waals surface area contributed by atoms with Gasteiger partial charge < -0.3 is 20.5 Å². The largest absolute Gasteiger partial charge is 0.387 e. The first-order valence-electron chi connectivity index (χ1n) is 10.1. The summed E-state index contributed by atoms with van der Waals surface area (Å²) in [5.41, 5.74) is -0.816. The van der Waals surface area contributed by atoms with Crippen LogP contribution in [0.4, 0.5) is 0 Å². The molecule has 2 aliphatic rings. The first-order chi connectivity index (χ1) is 12.1. The van der Waals surface area contributed by atoms with Crippen LogP contribution in [0.3, 0.4) is 0 Å². The zero-order valence-corrected chi connectivity index (χ0v) is 19.0. The molecule has 2 fully saturated rings. The fourth-order valence-corrected chi connectivity index (χ4v) is 3.75. The summed E-state index contributed by atoms with van der Waals surface area (Å²) in [5, 5.41) is 17.4.